The minimum atomic E-state index is -0.982. The molecular weight excluding hydrogens is 579 g/mol. The van der Waals surface area contributed by atoms with Gasteiger partial charge in [-0.3, -0.25) is 9.78 Å². The zero-order chi connectivity index (χ0) is 29.7. The number of fused-ring (bicyclic) bond motifs is 2. The Bertz CT molecular complexity index is 2000. The van der Waals surface area contributed by atoms with Crippen LogP contribution in [-0.2, 0) is 4.79 Å². The van der Waals surface area contributed by atoms with Crippen LogP contribution in [0.4, 0.5) is 0 Å². The lowest BCUT2D eigenvalue weighted by atomic mass is 9.83. The molecular formula is C33H29N5O3S2. The summed E-state index contributed by atoms with van der Waals surface area (Å²) in [5, 5.41) is 13.3. The second kappa shape index (κ2) is 11.0. The first-order chi connectivity index (χ1) is 20.9. The number of carbonyl (C=O) groups is 2. The van der Waals surface area contributed by atoms with Crippen molar-refractivity contribution in [3.63, 3.8) is 0 Å². The van der Waals surface area contributed by atoms with Crippen molar-refractivity contribution in [3.05, 3.63) is 87.3 Å². The van der Waals surface area contributed by atoms with Crippen molar-refractivity contribution in [1.29, 1.82) is 0 Å². The maximum atomic E-state index is 13.2. The number of aromatic carboxylic acids is 1. The summed E-state index contributed by atoms with van der Waals surface area (Å²) in [6.45, 7) is 2.03. The second-order valence-electron chi connectivity index (χ2n) is 11.1. The number of carboxylic acids is 1. The average molecular weight is 608 g/mol. The topological polar surface area (TPSA) is 124 Å². The number of hydrogen-bond acceptors (Lipinski definition) is 7. The molecule has 0 spiro atoms. The molecule has 1 atom stereocenters. The lowest BCUT2D eigenvalue weighted by Gasteiger charge is -2.25. The van der Waals surface area contributed by atoms with Crippen molar-refractivity contribution >= 4 is 55.7 Å². The van der Waals surface area contributed by atoms with Gasteiger partial charge in [-0.25, -0.2) is 14.8 Å². The van der Waals surface area contributed by atoms with E-state index in [9.17, 15) is 14.7 Å². The van der Waals surface area contributed by atoms with Gasteiger partial charge in [-0.05, 0) is 78.8 Å². The molecule has 10 heteroatoms. The van der Waals surface area contributed by atoms with E-state index in [1.165, 1.54) is 29.1 Å². The van der Waals surface area contributed by atoms with Crippen LogP contribution in [0.25, 0.3) is 43.8 Å². The summed E-state index contributed by atoms with van der Waals surface area (Å²) >= 11 is 2.64. The molecule has 0 radical (unpaired) electrons. The normalized spacial score (nSPS) is 14.8. The summed E-state index contributed by atoms with van der Waals surface area (Å²) in [7, 11) is 0. The lowest BCUT2D eigenvalue weighted by Crippen LogP contribution is -2.28. The molecule has 1 amide bonds. The molecule has 0 saturated heterocycles. The number of nitrogens with zero attached hydrogens (tertiary/aromatic N) is 4. The molecule has 1 saturated carbocycles. The summed E-state index contributed by atoms with van der Waals surface area (Å²) in [4.78, 5) is 39.5. The Morgan fingerprint density at radius 1 is 1.00 bits per heavy atom. The number of nitrogens with two attached hydrogens (primary N) is 1. The highest BCUT2D eigenvalue weighted by Crippen LogP contribution is 2.49. The molecule has 8 nitrogen and oxygen atoms in total. The highest BCUT2D eigenvalue weighted by atomic mass is 32.1. The van der Waals surface area contributed by atoms with E-state index < -0.39 is 17.9 Å². The Labute approximate surface area is 255 Å². The summed E-state index contributed by atoms with van der Waals surface area (Å²) in [5.74, 6) is -1.28. The van der Waals surface area contributed by atoms with Crippen LogP contribution in [0, 0.1) is 6.92 Å². The van der Waals surface area contributed by atoms with Gasteiger partial charge < -0.3 is 15.4 Å². The fraction of sp³-hybridized carbons (Fsp3) is 0.242. The second-order valence-corrected chi connectivity index (χ2v) is 13.1. The first kappa shape index (κ1) is 27.4. The largest absolute Gasteiger partial charge is 0.477 e. The number of thiophene rings is 1. The van der Waals surface area contributed by atoms with Gasteiger partial charge >= 0.3 is 5.97 Å². The molecule has 7 rings (SSSR count). The number of hydrogen-bond donors (Lipinski definition) is 2. The van der Waals surface area contributed by atoms with E-state index in [-0.39, 0.29) is 10.8 Å². The van der Waals surface area contributed by atoms with E-state index in [4.69, 9.17) is 10.7 Å². The number of carbonyl (C=O) groups excluding carboxylic acids is 1. The van der Waals surface area contributed by atoms with E-state index in [1.807, 2.05) is 47.2 Å². The third-order valence-electron chi connectivity index (χ3n) is 8.29. The van der Waals surface area contributed by atoms with Gasteiger partial charge in [0.2, 0.25) is 5.91 Å². The number of aryl methyl sites for hydroxylation is 1. The Hall–Kier alpha value is -4.41. The van der Waals surface area contributed by atoms with Crippen LogP contribution in [0.15, 0.2) is 66.3 Å². The standard InChI is InChI=1S/C33H29N5O3S2/c1-18-11-12-35-24(15-18)23-10-7-20-16-21(8-9-22(20)37-23)28-27(19-5-3-2-4-6-19)30-25(17-26(43-30)33(40)41)38(28)29(31(34)39)32-36-13-14-42-32/h7-17,19,29H,2-6H2,1H3,(H2,34,39)(H,40,41). The first-order valence-electron chi connectivity index (χ1n) is 14.3. The van der Waals surface area contributed by atoms with E-state index in [0.29, 0.717) is 10.5 Å². The first-order valence-corrected chi connectivity index (χ1v) is 16.0. The number of carboxylic acid groups (broad SMARTS) is 1. The molecule has 0 bridgehead atoms. The lowest BCUT2D eigenvalue weighted by molar-refractivity contribution is -0.119. The number of primary amides is 1. The van der Waals surface area contributed by atoms with Gasteiger partial charge in [0.05, 0.1) is 32.8 Å². The molecule has 1 unspecified atom stereocenters. The highest BCUT2D eigenvalue weighted by Gasteiger charge is 2.34. The summed E-state index contributed by atoms with van der Waals surface area (Å²) in [6.07, 6.45) is 8.87. The molecule has 0 aliphatic heterocycles. The number of benzene rings is 1. The number of pyridine rings is 2. The highest BCUT2D eigenvalue weighted by molar-refractivity contribution is 7.21. The quantitative estimate of drug-likeness (QED) is 0.193. The molecule has 1 aromatic carbocycles. The summed E-state index contributed by atoms with van der Waals surface area (Å²) in [5.41, 5.74) is 13.3. The number of amides is 1. The SMILES string of the molecule is Cc1ccnc(-c2ccc3cc(-c4c(C5CCCCC5)c5sc(C(=O)O)cc5n4C(C(N)=O)c4nccs4)ccc3n2)c1. The number of thiazole rings is 1. The molecule has 5 heterocycles. The van der Waals surface area contributed by atoms with E-state index in [0.717, 1.165) is 75.1 Å². The van der Waals surface area contributed by atoms with E-state index in [2.05, 4.69) is 22.1 Å². The van der Waals surface area contributed by atoms with Crippen molar-refractivity contribution in [2.75, 3.05) is 0 Å². The zero-order valence-corrected chi connectivity index (χ0v) is 25.1. The number of aromatic nitrogens is 4. The van der Waals surface area contributed by atoms with Crippen LogP contribution in [0.5, 0.6) is 0 Å². The van der Waals surface area contributed by atoms with Gasteiger partial charge in [-0.15, -0.1) is 22.7 Å². The molecule has 1 aliphatic carbocycles. The van der Waals surface area contributed by atoms with Gasteiger partial charge in [-0.2, -0.15) is 0 Å². The van der Waals surface area contributed by atoms with Crippen LogP contribution in [0.3, 0.4) is 0 Å². The van der Waals surface area contributed by atoms with Gasteiger partial charge in [0, 0.05) is 23.2 Å². The van der Waals surface area contributed by atoms with Gasteiger partial charge in [0.15, 0.2) is 6.04 Å². The minimum Gasteiger partial charge on any atom is -0.477 e. The molecule has 6 aromatic rings. The van der Waals surface area contributed by atoms with Gasteiger partial charge in [-0.1, -0.05) is 31.4 Å². The third kappa shape index (κ3) is 4.90. The van der Waals surface area contributed by atoms with E-state index >= 15 is 0 Å². The molecule has 3 N–H and O–H groups in total. The van der Waals surface area contributed by atoms with Crippen LogP contribution < -0.4 is 5.73 Å². The Balaban J connectivity index is 1.48. The van der Waals surface area contributed by atoms with Crippen LogP contribution in [-0.4, -0.2) is 36.5 Å². The molecule has 5 aromatic heterocycles. The summed E-state index contributed by atoms with van der Waals surface area (Å²) < 4.78 is 2.85. The van der Waals surface area contributed by atoms with Crippen molar-refractivity contribution in [1.82, 2.24) is 19.5 Å². The Morgan fingerprint density at radius 2 is 1.84 bits per heavy atom. The van der Waals surface area contributed by atoms with Crippen molar-refractivity contribution < 1.29 is 14.7 Å². The number of rotatable bonds is 7. The minimum absolute atomic E-state index is 0.237. The maximum Gasteiger partial charge on any atom is 0.345 e. The predicted molar refractivity (Wildman–Crippen MR) is 171 cm³/mol. The fourth-order valence-electron chi connectivity index (χ4n) is 6.37. The van der Waals surface area contributed by atoms with Crippen LogP contribution >= 0.6 is 22.7 Å². The molecule has 43 heavy (non-hydrogen) atoms. The van der Waals surface area contributed by atoms with Crippen LogP contribution in [0.1, 0.15) is 69.9 Å². The molecule has 1 aliphatic rings. The smallest absolute Gasteiger partial charge is 0.345 e. The fourth-order valence-corrected chi connectivity index (χ4v) is 8.22. The third-order valence-corrected chi connectivity index (χ3v) is 10.3. The zero-order valence-electron chi connectivity index (χ0n) is 23.5. The van der Waals surface area contributed by atoms with Crippen molar-refractivity contribution in [2.24, 2.45) is 5.73 Å². The Morgan fingerprint density at radius 3 is 2.56 bits per heavy atom. The monoisotopic (exact) mass is 607 g/mol. The summed E-state index contributed by atoms with van der Waals surface area (Å²) in [6, 6.07) is 15.0. The van der Waals surface area contributed by atoms with Crippen molar-refractivity contribution in [3.8, 4) is 22.6 Å². The van der Waals surface area contributed by atoms with Gasteiger partial charge in [0.25, 0.3) is 0 Å². The Kier molecular flexibility index (Phi) is 7.03. The maximum absolute atomic E-state index is 13.2. The van der Waals surface area contributed by atoms with Crippen LogP contribution in [0.2, 0.25) is 0 Å². The molecule has 216 valence electrons. The van der Waals surface area contributed by atoms with Gasteiger partial charge in [0.1, 0.15) is 9.88 Å². The van der Waals surface area contributed by atoms with E-state index in [1.54, 1.807) is 18.5 Å². The predicted octanol–water partition coefficient (Wildman–Crippen LogP) is 7.57. The average Bonchev–Trinajstić information content (AvgIpc) is 3.75. The molecule has 1 fully saturated rings. The van der Waals surface area contributed by atoms with Crippen molar-refractivity contribution in [2.45, 2.75) is 51.0 Å².